The summed E-state index contributed by atoms with van der Waals surface area (Å²) in [6.07, 6.45) is 0.748. The molecule has 13 nitrogen and oxygen atoms in total. The number of amides is 3. The van der Waals surface area contributed by atoms with E-state index in [2.05, 4.69) is 26.0 Å². The Morgan fingerprint density at radius 1 is 1.00 bits per heavy atom. The zero-order valence-electron chi connectivity index (χ0n) is 26.5. The molecule has 2 aromatic rings. The van der Waals surface area contributed by atoms with E-state index in [9.17, 15) is 19.2 Å². The Morgan fingerprint density at radius 3 is 2.31 bits per heavy atom. The van der Waals surface area contributed by atoms with Crippen LogP contribution in [0.3, 0.4) is 0 Å². The first-order valence-corrected chi connectivity index (χ1v) is 15.5. The lowest BCUT2D eigenvalue weighted by Gasteiger charge is -2.26. The molecular weight excluding hydrogens is 582 g/mol. The van der Waals surface area contributed by atoms with Gasteiger partial charge in [-0.2, -0.15) is 0 Å². The summed E-state index contributed by atoms with van der Waals surface area (Å²) in [7, 11) is 1.49. The number of benzene rings is 1. The maximum atomic E-state index is 13.7. The molecule has 45 heavy (non-hydrogen) atoms. The van der Waals surface area contributed by atoms with Gasteiger partial charge in [0.15, 0.2) is 17.2 Å². The fraction of sp³-hybridized carbons (Fsp3) is 0.594. The van der Waals surface area contributed by atoms with Crippen LogP contribution in [0.1, 0.15) is 55.4 Å². The molecule has 0 unspecified atom stereocenters. The second-order valence-corrected chi connectivity index (χ2v) is 12.2. The second kappa shape index (κ2) is 16.1. The number of carbonyl (C=O) groups is 4. The van der Waals surface area contributed by atoms with Crippen LogP contribution in [-0.2, 0) is 41.6 Å². The fourth-order valence-corrected chi connectivity index (χ4v) is 5.14. The Balaban J connectivity index is 1.46. The number of methoxy groups -OCH3 is 1. The van der Waals surface area contributed by atoms with Gasteiger partial charge in [-0.1, -0.05) is 49.3 Å². The quantitative estimate of drug-likeness (QED) is 0.218. The number of nitrogens with one attached hydrogen (secondary N) is 3. The number of nitrogens with zero attached hydrogens (tertiary/aromatic N) is 2. The first-order chi connectivity index (χ1) is 21.6. The van der Waals surface area contributed by atoms with Crippen molar-refractivity contribution >= 4 is 23.5 Å². The molecule has 3 heterocycles. The van der Waals surface area contributed by atoms with Gasteiger partial charge in [-0.3, -0.25) is 24.1 Å². The number of hydrogen-bond acceptors (Lipinski definition) is 10. The van der Waals surface area contributed by atoms with Crippen molar-refractivity contribution < 1.29 is 37.9 Å². The van der Waals surface area contributed by atoms with Gasteiger partial charge in [0.1, 0.15) is 17.7 Å². The molecule has 0 aliphatic carbocycles. The van der Waals surface area contributed by atoms with Crippen molar-refractivity contribution in [3.63, 3.8) is 0 Å². The van der Waals surface area contributed by atoms with Crippen molar-refractivity contribution in [2.75, 3.05) is 46.6 Å². The maximum Gasteiger partial charge on any atom is 0.274 e. The van der Waals surface area contributed by atoms with Crippen LogP contribution in [0.4, 0.5) is 0 Å². The molecule has 3 amide bonds. The first-order valence-electron chi connectivity index (χ1n) is 15.5. The third kappa shape index (κ3) is 10.2. The summed E-state index contributed by atoms with van der Waals surface area (Å²) in [5.74, 6) is -1.21. The summed E-state index contributed by atoms with van der Waals surface area (Å²) in [5, 5.41) is 12.3. The van der Waals surface area contributed by atoms with Crippen LogP contribution in [-0.4, -0.2) is 104 Å². The van der Waals surface area contributed by atoms with Gasteiger partial charge in [-0.25, -0.2) is 0 Å². The van der Waals surface area contributed by atoms with Crippen molar-refractivity contribution in [2.24, 2.45) is 5.92 Å². The third-order valence-corrected chi connectivity index (χ3v) is 7.86. The van der Waals surface area contributed by atoms with Crippen LogP contribution in [0.15, 0.2) is 40.9 Å². The van der Waals surface area contributed by atoms with E-state index < -0.39 is 41.4 Å². The summed E-state index contributed by atoms with van der Waals surface area (Å²) in [6, 6.07) is 7.97. The Labute approximate surface area is 263 Å². The molecule has 0 spiro atoms. The number of ketones is 1. The number of morpholine rings is 1. The van der Waals surface area contributed by atoms with E-state index in [1.165, 1.54) is 7.11 Å². The normalized spacial score (nSPS) is 20.2. The monoisotopic (exact) mass is 627 g/mol. The van der Waals surface area contributed by atoms with E-state index in [1.54, 1.807) is 13.0 Å². The van der Waals surface area contributed by atoms with E-state index in [-0.39, 0.29) is 36.8 Å². The Hall–Kier alpha value is -3.65. The Kier molecular flexibility index (Phi) is 12.2. The molecular formula is C32H45N5O8. The highest BCUT2D eigenvalue weighted by atomic mass is 16.6. The molecule has 4 atom stereocenters. The van der Waals surface area contributed by atoms with Crippen molar-refractivity contribution in [1.29, 1.82) is 0 Å². The molecule has 0 radical (unpaired) electrons. The third-order valence-electron chi connectivity index (χ3n) is 7.86. The minimum absolute atomic E-state index is 0.0397. The summed E-state index contributed by atoms with van der Waals surface area (Å²) in [6.45, 7) is 9.37. The lowest BCUT2D eigenvalue weighted by Crippen LogP contribution is -2.57. The number of epoxide rings is 1. The van der Waals surface area contributed by atoms with Crippen molar-refractivity contribution in [2.45, 2.75) is 70.3 Å². The number of rotatable bonds is 17. The van der Waals surface area contributed by atoms with Crippen molar-refractivity contribution in [3.05, 3.63) is 53.4 Å². The van der Waals surface area contributed by atoms with Gasteiger partial charge < -0.3 is 34.7 Å². The van der Waals surface area contributed by atoms with E-state index in [0.717, 1.165) is 18.7 Å². The molecule has 3 N–H and O–H groups in total. The van der Waals surface area contributed by atoms with E-state index >= 15 is 0 Å². The lowest BCUT2D eigenvalue weighted by atomic mass is 9.93. The lowest BCUT2D eigenvalue weighted by molar-refractivity contribution is -0.133. The zero-order valence-corrected chi connectivity index (χ0v) is 26.5. The number of ether oxygens (including phenoxy) is 3. The number of aromatic nitrogens is 1. The standard InChI is InChI=1S/C32H45N5O8/c1-21(2)16-25(28(38)32(3)20-44-32)34-30(40)26(17-22-8-6-5-7-9-22)35-29(39)24(10-13-42-4)33-31(41)27-18-23(45-36-27)19-37-11-14-43-15-12-37/h5-9,18,21,24-26H,10-17,19-20H2,1-4H3,(H,33,41)(H,34,40)(H,35,39)/t24-,25-,26-,32+/m0/s1. The summed E-state index contributed by atoms with van der Waals surface area (Å²) < 4.78 is 21.3. The highest BCUT2D eigenvalue weighted by Crippen LogP contribution is 2.29. The SMILES string of the molecule is COCC[C@H](NC(=O)c1cc(CN2CCOCC2)on1)C(=O)N[C@@H](Cc1ccccc1)C(=O)N[C@@H](CC(C)C)C(=O)[C@@]1(C)CO1. The molecule has 1 aromatic heterocycles. The van der Waals surface area contributed by atoms with Crippen LogP contribution >= 0.6 is 0 Å². The maximum absolute atomic E-state index is 13.7. The number of hydrogen-bond donors (Lipinski definition) is 3. The molecule has 2 aliphatic rings. The molecule has 2 fully saturated rings. The topological polar surface area (TPSA) is 165 Å². The van der Waals surface area contributed by atoms with Crippen LogP contribution < -0.4 is 16.0 Å². The second-order valence-electron chi connectivity index (χ2n) is 12.2. The van der Waals surface area contributed by atoms with Gasteiger partial charge in [0, 0.05) is 39.3 Å². The summed E-state index contributed by atoms with van der Waals surface area (Å²) in [5.41, 5.74) is -0.0584. The minimum Gasteiger partial charge on any atom is -0.385 e. The molecule has 1 aromatic carbocycles. The Bertz CT molecular complexity index is 1290. The van der Waals surface area contributed by atoms with Gasteiger partial charge in [-0.05, 0) is 31.2 Å². The molecule has 13 heteroatoms. The number of carbonyl (C=O) groups excluding carboxylic acids is 4. The predicted molar refractivity (Wildman–Crippen MR) is 163 cm³/mol. The first kappa shape index (κ1) is 34.2. The highest BCUT2D eigenvalue weighted by molar-refractivity contribution is 5.99. The van der Waals surface area contributed by atoms with Gasteiger partial charge in [0.05, 0.1) is 32.4 Å². The minimum atomic E-state index is -1.03. The fourth-order valence-electron chi connectivity index (χ4n) is 5.14. The van der Waals surface area contributed by atoms with Crippen LogP contribution in [0.5, 0.6) is 0 Å². The zero-order chi connectivity index (χ0) is 32.4. The molecule has 0 bridgehead atoms. The van der Waals surface area contributed by atoms with Crippen LogP contribution in [0.2, 0.25) is 0 Å². The van der Waals surface area contributed by atoms with Crippen LogP contribution in [0, 0.1) is 5.92 Å². The van der Waals surface area contributed by atoms with Crippen molar-refractivity contribution in [1.82, 2.24) is 26.0 Å². The van der Waals surface area contributed by atoms with Crippen LogP contribution in [0.25, 0.3) is 0 Å². The van der Waals surface area contributed by atoms with Gasteiger partial charge in [0.2, 0.25) is 11.8 Å². The van der Waals surface area contributed by atoms with Crippen molar-refractivity contribution in [3.8, 4) is 0 Å². The van der Waals surface area contributed by atoms with E-state index in [0.29, 0.717) is 38.5 Å². The Morgan fingerprint density at radius 2 is 1.67 bits per heavy atom. The largest absolute Gasteiger partial charge is 0.385 e. The predicted octanol–water partition coefficient (Wildman–Crippen LogP) is 1.26. The molecule has 0 saturated carbocycles. The van der Waals surface area contributed by atoms with E-state index in [4.69, 9.17) is 18.7 Å². The molecule has 2 aliphatic heterocycles. The molecule has 246 valence electrons. The number of Topliss-reactive ketones (excluding diaryl/α,β-unsaturated/α-hetero) is 1. The summed E-state index contributed by atoms with van der Waals surface area (Å²) in [4.78, 5) is 55.8. The smallest absolute Gasteiger partial charge is 0.274 e. The average molecular weight is 628 g/mol. The molecule has 4 rings (SSSR count). The van der Waals surface area contributed by atoms with Gasteiger partial charge in [0.25, 0.3) is 5.91 Å². The highest BCUT2D eigenvalue weighted by Gasteiger charge is 2.50. The average Bonchev–Trinajstić information content (AvgIpc) is 3.61. The van der Waals surface area contributed by atoms with E-state index in [1.807, 2.05) is 44.2 Å². The summed E-state index contributed by atoms with van der Waals surface area (Å²) >= 11 is 0. The van der Waals surface area contributed by atoms with Gasteiger partial charge >= 0.3 is 0 Å². The van der Waals surface area contributed by atoms with Gasteiger partial charge in [-0.15, -0.1) is 0 Å². The molecule has 2 saturated heterocycles.